The second-order valence-corrected chi connectivity index (χ2v) is 3.68. The maximum atomic E-state index is 10.4. The number of rotatable bonds is 11. The molecule has 0 saturated heterocycles. The van der Waals surface area contributed by atoms with Crippen LogP contribution in [0.4, 0.5) is 0 Å². The van der Waals surface area contributed by atoms with Gasteiger partial charge >= 0.3 is 96.9 Å². The van der Waals surface area contributed by atoms with Crippen molar-refractivity contribution in [3.8, 4) is 0 Å². The van der Waals surface area contributed by atoms with E-state index >= 15 is 0 Å². The topological polar surface area (TPSA) is 174 Å². The second-order valence-electron chi connectivity index (χ2n) is 3.68. The molecular weight excluding hydrogens is 362 g/mol. The van der Waals surface area contributed by atoms with Crippen LogP contribution in [-0.2, 0) is 19.2 Å². The summed E-state index contributed by atoms with van der Waals surface area (Å²) in [6.07, 6.45) is 1.49. The summed E-state index contributed by atoms with van der Waals surface area (Å²) >= 11 is 0. The van der Waals surface area contributed by atoms with E-state index < -0.39 is 37.5 Å². The molecule has 0 bridgehead atoms. The Bertz CT molecular complexity index is 346. The van der Waals surface area contributed by atoms with Crippen LogP contribution in [-0.4, -0.2) is 116 Å². The number of carbonyl (C=O) groups is 3. The first kappa shape index (κ1) is 35.3. The van der Waals surface area contributed by atoms with Gasteiger partial charge in [-0.1, -0.05) is 6.54 Å². The summed E-state index contributed by atoms with van der Waals surface area (Å²) in [6.45, 7) is -2.26. The summed E-state index contributed by atoms with van der Waals surface area (Å²) in [5.41, 5.74) is 0. The van der Waals surface area contributed by atoms with Crippen LogP contribution in [0.25, 0.3) is 0 Å². The minimum atomic E-state index is -1.48. The molecule has 0 aromatic carbocycles. The first-order valence-corrected chi connectivity index (χ1v) is 5.24. The molecule has 0 radical (unpaired) electrons. The Balaban J connectivity index is -0.000000270. The van der Waals surface area contributed by atoms with E-state index in [-0.39, 0.29) is 122 Å². The van der Waals surface area contributed by atoms with Gasteiger partial charge in [0.15, 0.2) is 0 Å². The van der Waals surface area contributed by atoms with Crippen LogP contribution < -0.4 is 74.4 Å². The van der Waals surface area contributed by atoms with Crippen molar-refractivity contribution in [3.63, 3.8) is 0 Å². The number of carboxylic acid groups (broad SMARTS) is 3. The molecular formula is C10H13CaN2Na2O8-. The van der Waals surface area contributed by atoms with Gasteiger partial charge in [-0.15, -0.1) is 0 Å². The van der Waals surface area contributed by atoms with Crippen molar-refractivity contribution in [3.05, 3.63) is 0 Å². The van der Waals surface area contributed by atoms with Gasteiger partial charge in [-0.3, -0.25) is 4.90 Å². The number of hydrogen-bond donors (Lipinski definition) is 0. The number of hydrogen-bond acceptors (Lipinski definition) is 10. The van der Waals surface area contributed by atoms with Crippen LogP contribution in [0.15, 0.2) is 0 Å². The third-order valence-electron chi connectivity index (χ3n) is 2.08. The van der Waals surface area contributed by atoms with E-state index in [2.05, 4.69) is 0 Å². The van der Waals surface area contributed by atoms with Gasteiger partial charge in [-0.2, -0.15) is 0 Å². The Kier molecular flexibility index (Phi) is 32.7. The predicted molar refractivity (Wildman–Crippen MR) is 61.3 cm³/mol. The fourth-order valence-corrected chi connectivity index (χ4v) is 1.35. The van der Waals surface area contributed by atoms with Crippen molar-refractivity contribution in [1.82, 2.24) is 9.80 Å². The van der Waals surface area contributed by atoms with Crippen molar-refractivity contribution in [1.29, 1.82) is 0 Å². The Morgan fingerprint density at radius 3 is 1.39 bits per heavy atom. The molecule has 0 aliphatic rings. The van der Waals surface area contributed by atoms with E-state index in [1.165, 1.54) is 6.29 Å². The summed E-state index contributed by atoms with van der Waals surface area (Å²) in [5.74, 6) is -4.37. The predicted octanol–water partition coefficient (Wildman–Crippen LogP) is -12.6. The molecule has 10 nitrogen and oxygen atoms in total. The van der Waals surface area contributed by atoms with Crippen molar-refractivity contribution in [2.24, 2.45) is 0 Å². The Morgan fingerprint density at radius 1 is 0.783 bits per heavy atom. The van der Waals surface area contributed by atoms with Gasteiger partial charge in [0.1, 0.15) is 0 Å². The fraction of sp³-hybridized carbons (Fsp3) is 0.600. The third kappa shape index (κ3) is 23.2. The molecule has 0 aromatic heterocycles. The Labute approximate surface area is 207 Å². The molecule has 0 fully saturated rings. The third-order valence-corrected chi connectivity index (χ3v) is 2.08. The largest absolute Gasteiger partial charge is 2.00 e. The maximum Gasteiger partial charge on any atom is 2.00 e. The normalized spacial score (nSPS) is 8.78. The molecule has 0 aliphatic heterocycles. The molecule has 0 amide bonds. The van der Waals surface area contributed by atoms with E-state index in [1.54, 1.807) is 0 Å². The van der Waals surface area contributed by atoms with Gasteiger partial charge in [0, 0.05) is 32.7 Å². The molecule has 0 unspecified atom stereocenters. The standard InChI is InChI=1S/C10H15N2O7.Ca.2Na.H2O/c13-4-3-11(5-8(14)15)1-2-12(6-9(16)17)7-10(18)19;;;;/h1-3,5-7H2,(H,14,15)(H,16,17)(H,18,19);;;;1H2/q-1;+2;2*+1;/p-4. The minimum Gasteiger partial charge on any atom is -0.870 e. The van der Waals surface area contributed by atoms with Crippen molar-refractivity contribution in [2.75, 3.05) is 39.3 Å². The van der Waals surface area contributed by atoms with Crippen LogP contribution in [0, 0.1) is 0 Å². The van der Waals surface area contributed by atoms with Gasteiger partial charge in [-0.25, -0.2) is 6.29 Å². The summed E-state index contributed by atoms with van der Waals surface area (Å²) in [4.78, 5) is 43.5. The number of carboxylic acids is 3. The monoisotopic (exact) mass is 375 g/mol. The van der Waals surface area contributed by atoms with Gasteiger partial charge in [0.2, 0.25) is 0 Å². The molecule has 0 saturated carbocycles. The molecule has 0 aliphatic carbocycles. The summed E-state index contributed by atoms with van der Waals surface area (Å²) in [7, 11) is 0. The number of nitrogens with zero attached hydrogens (tertiary/aromatic N) is 2. The average Bonchev–Trinajstić information content (AvgIpc) is 2.23. The van der Waals surface area contributed by atoms with Crippen LogP contribution in [0.2, 0.25) is 0 Å². The molecule has 23 heavy (non-hydrogen) atoms. The average molecular weight is 375 g/mol. The van der Waals surface area contributed by atoms with Crippen molar-refractivity contribution in [2.45, 2.75) is 0 Å². The smallest absolute Gasteiger partial charge is 0.870 e. The summed E-state index contributed by atoms with van der Waals surface area (Å²) in [5, 5.41) is 31.2. The van der Waals surface area contributed by atoms with E-state index in [4.69, 9.17) is 0 Å². The Morgan fingerprint density at radius 2 is 1.09 bits per heavy atom. The minimum absolute atomic E-state index is 0. The zero-order chi connectivity index (χ0) is 14.8. The van der Waals surface area contributed by atoms with Gasteiger partial charge in [0.05, 0.1) is 17.9 Å². The first-order valence-electron chi connectivity index (χ1n) is 5.24. The summed E-state index contributed by atoms with van der Waals surface area (Å²) in [6, 6.07) is 0. The molecule has 0 aromatic rings. The molecule has 0 rings (SSSR count). The molecule has 0 heterocycles. The van der Waals surface area contributed by atoms with Crippen molar-refractivity contribution < 1.29 is 99.1 Å². The van der Waals surface area contributed by atoms with Crippen LogP contribution in [0.3, 0.4) is 0 Å². The van der Waals surface area contributed by atoms with Crippen LogP contribution in [0.1, 0.15) is 0 Å². The molecule has 1 N–H and O–H groups in total. The van der Waals surface area contributed by atoms with Crippen molar-refractivity contribution >= 4 is 61.9 Å². The first-order chi connectivity index (χ1) is 8.85. The van der Waals surface area contributed by atoms with E-state index in [1.807, 2.05) is 0 Å². The maximum absolute atomic E-state index is 10.4. The van der Waals surface area contributed by atoms with E-state index in [0.29, 0.717) is 0 Å². The molecule has 0 atom stereocenters. The van der Waals surface area contributed by atoms with Gasteiger partial charge in [0.25, 0.3) is 0 Å². The summed E-state index contributed by atoms with van der Waals surface area (Å²) < 4.78 is 0. The zero-order valence-corrected chi connectivity index (χ0v) is 19.4. The van der Waals surface area contributed by atoms with Gasteiger partial charge < -0.3 is 44.9 Å². The zero-order valence-electron chi connectivity index (χ0n) is 13.1. The van der Waals surface area contributed by atoms with Gasteiger partial charge in [-0.05, 0) is 0 Å². The van der Waals surface area contributed by atoms with E-state index in [0.717, 1.165) is 9.80 Å². The second kappa shape index (κ2) is 21.3. The molecule has 0 spiro atoms. The van der Waals surface area contributed by atoms with Crippen LogP contribution >= 0.6 is 0 Å². The molecule has 13 heteroatoms. The van der Waals surface area contributed by atoms with Crippen LogP contribution in [0.5, 0.6) is 0 Å². The van der Waals surface area contributed by atoms with E-state index in [9.17, 15) is 34.5 Å². The SMILES string of the molecule is O=[C-]CN(CCN(CC(=O)[O-])CC(=O)[O-])CC(=O)[O-].[Ca+2].[Na+].[Na+].[OH-]. The number of aliphatic carboxylic acids is 3. The molecule has 116 valence electrons. The fourth-order valence-electron chi connectivity index (χ4n) is 1.35. The number of carbonyl (C=O) groups excluding carboxylic acids is 4. The quantitative estimate of drug-likeness (QED) is 0.249. The Hall–Kier alpha value is 1.22.